The molecule has 2 aromatic carbocycles. The van der Waals surface area contributed by atoms with Gasteiger partial charge in [0.15, 0.2) is 5.65 Å². The molecule has 1 aliphatic heterocycles. The smallest absolute Gasteiger partial charge is 0.159 e. The molecule has 0 aliphatic carbocycles. The van der Waals surface area contributed by atoms with Gasteiger partial charge in [-0.25, -0.2) is 4.98 Å². The largest absolute Gasteiger partial charge is 0.493 e. The van der Waals surface area contributed by atoms with Crippen LogP contribution >= 0.6 is 0 Å². The van der Waals surface area contributed by atoms with Gasteiger partial charge in [-0.3, -0.25) is 4.98 Å². The summed E-state index contributed by atoms with van der Waals surface area (Å²) in [6, 6.07) is 18.7. The van der Waals surface area contributed by atoms with Crippen LogP contribution in [0.25, 0.3) is 28.1 Å². The molecule has 1 aliphatic rings. The third-order valence-electron chi connectivity index (χ3n) is 6.81. The van der Waals surface area contributed by atoms with Crippen LogP contribution in [0.3, 0.4) is 0 Å². The normalized spacial score (nSPS) is 16.1. The lowest BCUT2D eigenvalue weighted by Crippen LogP contribution is -2.36. The Morgan fingerprint density at radius 2 is 1.85 bits per heavy atom. The molecule has 0 N–H and O–H groups in total. The van der Waals surface area contributed by atoms with Crippen LogP contribution in [0, 0.1) is 19.8 Å². The maximum Gasteiger partial charge on any atom is 0.159 e. The summed E-state index contributed by atoms with van der Waals surface area (Å²) in [5.74, 6) is 1.43. The van der Waals surface area contributed by atoms with Crippen molar-refractivity contribution in [2.75, 3.05) is 19.7 Å². The molecular weight excluding hydrogens is 420 g/mol. The number of aryl methyl sites for hydroxylation is 3. The molecule has 3 heterocycles. The molecule has 1 atom stereocenters. The van der Waals surface area contributed by atoms with E-state index >= 15 is 0 Å². The van der Waals surface area contributed by atoms with E-state index in [0.717, 1.165) is 71.1 Å². The molecule has 0 saturated carbocycles. The standard InChI is InChI=1S/C29H32N4O/c1-20-11-8-9-15-25(20)34-19-23-12-10-16-33(18-23)22(3)26-27-29(31-21(2)17-30-27)32(4)28(26)24-13-6-5-7-14-24/h5-9,11,13-15,17,23H,3,10,12,16,18-19H2,1-2,4H3. The second-order valence-corrected chi connectivity index (χ2v) is 9.31. The number of aromatic nitrogens is 3. The zero-order valence-electron chi connectivity index (χ0n) is 20.3. The highest BCUT2D eigenvalue weighted by molar-refractivity contribution is 5.96. The molecule has 34 heavy (non-hydrogen) atoms. The Hall–Kier alpha value is -3.60. The summed E-state index contributed by atoms with van der Waals surface area (Å²) in [7, 11) is 2.07. The van der Waals surface area contributed by atoms with Crippen LogP contribution in [0.4, 0.5) is 0 Å². The third kappa shape index (κ3) is 4.18. The molecule has 1 fully saturated rings. The number of hydrogen-bond donors (Lipinski definition) is 0. The Morgan fingerprint density at radius 1 is 1.09 bits per heavy atom. The third-order valence-corrected chi connectivity index (χ3v) is 6.81. The summed E-state index contributed by atoms with van der Waals surface area (Å²) in [6.07, 6.45) is 4.13. The highest BCUT2D eigenvalue weighted by Gasteiger charge is 2.27. The Kier molecular flexibility index (Phi) is 6.10. The predicted molar refractivity (Wildman–Crippen MR) is 139 cm³/mol. The van der Waals surface area contributed by atoms with Gasteiger partial charge in [0.25, 0.3) is 0 Å². The second kappa shape index (κ2) is 9.34. The first-order valence-electron chi connectivity index (χ1n) is 12.0. The van der Waals surface area contributed by atoms with Crippen molar-refractivity contribution in [3.8, 4) is 17.0 Å². The van der Waals surface area contributed by atoms with Crippen LogP contribution < -0.4 is 4.74 Å². The first-order valence-corrected chi connectivity index (χ1v) is 12.0. The van der Waals surface area contributed by atoms with E-state index < -0.39 is 0 Å². The summed E-state index contributed by atoms with van der Waals surface area (Å²) in [5, 5.41) is 0. The van der Waals surface area contributed by atoms with Crippen LogP contribution in [0.2, 0.25) is 0 Å². The van der Waals surface area contributed by atoms with Crippen molar-refractivity contribution in [2.45, 2.75) is 26.7 Å². The Bertz CT molecular complexity index is 1320. The first-order chi connectivity index (χ1) is 16.5. The van der Waals surface area contributed by atoms with Crippen molar-refractivity contribution in [3.05, 3.63) is 84.2 Å². The molecule has 0 radical (unpaired) electrons. The number of hydrogen-bond acceptors (Lipinski definition) is 4. The average Bonchev–Trinajstić information content (AvgIpc) is 3.15. The lowest BCUT2D eigenvalue weighted by molar-refractivity contribution is 0.169. The second-order valence-electron chi connectivity index (χ2n) is 9.31. The summed E-state index contributed by atoms with van der Waals surface area (Å²) < 4.78 is 8.37. The Balaban J connectivity index is 1.45. The van der Waals surface area contributed by atoms with Crippen molar-refractivity contribution in [1.82, 2.24) is 19.4 Å². The number of nitrogens with zero attached hydrogens (tertiary/aromatic N) is 4. The maximum absolute atomic E-state index is 6.21. The zero-order chi connectivity index (χ0) is 23.7. The van der Waals surface area contributed by atoms with Crippen LogP contribution in [0.1, 0.15) is 29.7 Å². The minimum absolute atomic E-state index is 0.452. The van der Waals surface area contributed by atoms with Gasteiger partial charge >= 0.3 is 0 Å². The number of rotatable bonds is 6. The molecule has 174 valence electrons. The van der Waals surface area contributed by atoms with Crippen molar-refractivity contribution >= 4 is 16.9 Å². The van der Waals surface area contributed by atoms with Gasteiger partial charge in [-0.05, 0) is 43.9 Å². The van der Waals surface area contributed by atoms with Crippen LogP contribution in [0.5, 0.6) is 5.75 Å². The van der Waals surface area contributed by atoms with E-state index in [9.17, 15) is 0 Å². The van der Waals surface area contributed by atoms with Crippen LogP contribution in [0.15, 0.2) is 67.4 Å². The van der Waals surface area contributed by atoms with E-state index in [1.807, 2.05) is 31.3 Å². The van der Waals surface area contributed by atoms with E-state index in [1.165, 1.54) is 5.56 Å². The molecule has 4 aromatic rings. The molecule has 5 rings (SSSR count). The molecule has 0 bridgehead atoms. The summed E-state index contributed by atoms with van der Waals surface area (Å²) in [6.45, 7) is 11.3. The number of likely N-dealkylation sites (tertiary alicyclic amines) is 1. The summed E-state index contributed by atoms with van der Waals surface area (Å²) in [5.41, 5.74) is 8.26. The zero-order valence-corrected chi connectivity index (χ0v) is 20.3. The summed E-state index contributed by atoms with van der Waals surface area (Å²) >= 11 is 0. The van der Waals surface area contributed by atoms with Gasteiger partial charge < -0.3 is 14.2 Å². The lowest BCUT2D eigenvalue weighted by atomic mass is 9.96. The number of para-hydroxylation sites is 1. The van der Waals surface area contributed by atoms with Crippen molar-refractivity contribution < 1.29 is 4.74 Å². The fraction of sp³-hybridized carbons (Fsp3) is 0.310. The molecule has 2 aromatic heterocycles. The topological polar surface area (TPSA) is 43.2 Å². The molecular formula is C29H32N4O. The van der Waals surface area contributed by atoms with Crippen molar-refractivity contribution in [3.63, 3.8) is 0 Å². The Morgan fingerprint density at radius 3 is 2.65 bits per heavy atom. The maximum atomic E-state index is 6.21. The minimum atomic E-state index is 0.452. The number of benzene rings is 2. The predicted octanol–water partition coefficient (Wildman–Crippen LogP) is 6.01. The van der Waals surface area contributed by atoms with E-state index in [4.69, 9.17) is 14.7 Å². The Labute approximate surface area is 201 Å². The number of piperidine rings is 1. The first kappa shape index (κ1) is 22.2. The highest BCUT2D eigenvalue weighted by Crippen LogP contribution is 2.38. The van der Waals surface area contributed by atoms with E-state index in [1.54, 1.807) is 0 Å². The van der Waals surface area contributed by atoms with Crippen LogP contribution in [-0.4, -0.2) is 39.1 Å². The fourth-order valence-electron chi connectivity index (χ4n) is 5.00. The molecule has 1 unspecified atom stereocenters. The molecule has 5 nitrogen and oxygen atoms in total. The van der Waals surface area contributed by atoms with Gasteiger partial charge in [0.2, 0.25) is 0 Å². The average molecular weight is 453 g/mol. The van der Waals surface area contributed by atoms with Gasteiger partial charge in [-0.15, -0.1) is 0 Å². The monoisotopic (exact) mass is 452 g/mol. The SMILES string of the molecule is C=C(c1c(-c2ccccc2)n(C)c2nc(C)cnc12)N1CCCC(COc2ccccc2C)C1. The van der Waals surface area contributed by atoms with Gasteiger partial charge in [-0.1, -0.05) is 55.1 Å². The van der Waals surface area contributed by atoms with Gasteiger partial charge in [-0.2, -0.15) is 0 Å². The van der Waals surface area contributed by atoms with Gasteiger partial charge in [0.1, 0.15) is 11.3 Å². The summed E-state index contributed by atoms with van der Waals surface area (Å²) in [4.78, 5) is 12.0. The van der Waals surface area contributed by atoms with E-state index in [-0.39, 0.29) is 0 Å². The van der Waals surface area contributed by atoms with Gasteiger partial charge in [0.05, 0.1) is 23.6 Å². The fourth-order valence-corrected chi connectivity index (χ4v) is 5.00. The molecule has 0 spiro atoms. The lowest BCUT2D eigenvalue weighted by Gasteiger charge is -2.35. The van der Waals surface area contributed by atoms with E-state index in [0.29, 0.717) is 12.5 Å². The molecule has 5 heteroatoms. The van der Waals surface area contributed by atoms with Crippen molar-refractivity contribution in [2.24, 2.45) is 13.0 Å². The van der Waals surface area contributed by atoms with Crippen LogP contribution in [-0.2, 0) is 7.05 Å². The van der Waals surface area contributed by atoms with Gasteiger partial charge in [0, 0.05) is 37.9 Å². The quantitative estimate of drug-likeness (QED) is 0.359. The minimum Gasteiger partial charge on any atom is -0.493 e. The number of ether oxygens (including phenoxy) is 1. The van der Waals surface area contributed by atoms with E-state index in [2.05, 4.69) is 66.4 Å². The molecule has 0 amide bonds. The van der Waals surface area contributed by atoms with Crippen molar-refractivity contribution in [1.29, 1.82) is 0 Å². The number of fused-ring (bicyclic) bond motifs is 1. The molecule has 1 saturated heterocycles. The highest BCUT2D eigenvalue weighted by atomic mass is 16.5.